The van der Waals surface area contributed by atoms with Crippen LogP contribution < -0.4 is 0 Å². The minimum absolute atomic E-state index is 0.0343. The third-order valence-corrected chi connectivity index (χ3v) is 7.26. The minimum Gasteiger partial charge on any atom is -0.477 e. The number of ether oxygens (including phenoxy) is 3. The molecule has 0 saturated heterocycles. The largest absolute Gasteiger partial charge is 0.477 e. The van der Waals surface area contributed by atoms with Gasteiger partial charge < -0.3 is 23.8 Å². The van der Waals surface area contributed by atoms with Gasteiger partial charge in [0.2, 0.25) is 0 Å². The van der Waals surface area contributed by atoms with Crippen molar-refractivity contribution in [2.45, 2.75) is 122 Å². The molecule has 46 heavy (non-hydrogen) atoms. The summed E-state index contributed by atoms with van der Waals surface area (Å²) in [5.41, 5.74) is 0. The molecule has 8 heteroatoms. The van der Waals surface area contributed by atoms with Gasteiger partial charge in [0.05, 0.1) is 34.4 Å². The molecule has 0 rings (SSSR count). The zero-order valence-electron chi connectivity index (χ0n) is 29.5. The summed E-state index contributed by atoms with van der Waals surface area (Å²) in [6.07, 6.45) is 32.9. The van der Waals surface area contributed by atoms with Gasteiger partial charge in [-0.2, -0.15) is 0 Å². The van der Waals surface area contributed by atoms with Crippen LogP contribution in [-0.4, -0.2) is 80.6 Å². The Hall–Kier alpha value is -2.97. The van der Waals surface area contributed by atoms with Crippen LogP contribution in [0.2, 0.25) is 0 Å². The predicted octanol–water partition coefficient (Wildman–Crippen LogP) is 8.29. The molecule has 0 aliphatic carbocycles. The van der Waals surface area contributed by atoms with Gasteiger partial charge in [0, 0.05) is 19.3 Å². The highest BCUT2D eigenvalue weighted by Crippen LogP contribution is 2.11. The normalized spacial score (nSPS) is 13.8. The van der Waals surface area contributed by atoms with E-state index in [1.165, 1.54) is 12.8 Å². The first-order valence-corrected chi connectivity index (χ1v) is 17.4. The molecule has 0 radical (unpaired) electrons. The minimum atomic E-state index is -0.889. The number of unbranched alkanes of at least 4 members (excludes halogenated alkanes) is 8. The number of likely N-dealkylation sites (N-methyl/N-ethyl adjacent to an activating group) is 1. The second-order valence-electron chi connectivity index (χ2n) is 12.5. The van der Waals surface area contributed by atoms with Crippen molar-refractivity contribution < 1.29 is 38.2 Å². The Morgan fingerprint density at radius 2 is 1.28 bits per heavy atom. The number of carboxylic acids is 1. The molecular weight excluding hydrogens is 582 g/mol. The number of rotatable bonds is 29. The molecule has 0 aliphatic heterocycles. The van der Waals surface area contributed by atoms with Crippen LogP contribution in [0.4, 0.5) is 0 Å². The summed E-state index contributed by atoms with van der Waals surface area (Å²) in [5.74, 6) is -1.58. The van der Waals surface area contributed by atoms with Crippen molar-refractivity contribution in [2.75, 3.05) is 41.0 Å². The Morgan fingerprint density at radius 3 is 1.96 bits per heavy atom. The molecule has 0 aromatic carbocycles. The number of carbonyl (C=O) groups excluding carboxylic acids is 2. The Morgan fingerprint density at radius 1 is 0.674 bits per heavy atom. The van der Waals surface area contributed by atoms with Crippen LogP contribution in [-0.2, 0) is 28.6 Å². The molecular formula is C38H64NO7+. The lowest BCUT2D eigenvalue weighted by molar-refractivity contribution is -0.887. The fourth-order valence-electron chi connectivity index (χ4n) is 4.53. The molecule has 2 atom stereocenters. The summed E-state index contributed by atoms with van der Waals surface area (Å²) in [4.78, 5) is 36.5. The quantitative estimate of drug-likeness (QED) is 0.0287. The van der Waals surface area contributed by atoms with E-state index < -0.39 is 18.1 Å². The van der Waals surface area contributed by atoms with E-state index in [0.717, 1.165) is 57.8 Å². The number of carbonyl (C=O) groups is 3. The van der Waals surface area contributed by atoms with Crippen molar-refractivity contribution in [2.24, 2.45) is 0 Å². The third kappa shape index (κ3) is 27.3. The van der Waals surface area contributed by atoms with Crippen molar-refractivity contribution in [3.63, 3.8) is 0 Å². The number of aliphatic carboxylic acids is 1. The van der Waals surface area contributed by atoms with Crippen LogP contribution >= 0.6 is 0 Å². The average Bonchev–Trinajstić information content (AvgIpc) is 3.00. The molecule has 0 fully saturated rings. The van der Waals surface area contributed by atoms with Crippen molar-refractivity contribution in [3.05, 3.63) is 60.8 Å². The maximum absolute atomic E-state index is 12.5. The van der Waals surface area contributed by atoms with Crippen LogP contribution in [0.25, 0.3) is 0 Å². The van der Waals surface area contributed by atoms with E-state index in [4.69, 9.17) is 14.2 Å². The summed E-state index contributed by atoms with van der Waals surface area (Å²) in [7, 11) is 5.47. The maximum atomic E-state index is 12.5. The monoisotopic (exact) mass is 646 g/mol. The van der Waals surface area contributed by atoms with Crippen LogP contribution in [0.15, 0.2) is 60.8 Å². The summed E-state index contributed by atoms with van der Waals surface area (Å²) in [6, 6.07) is -0.623. The number of nitrogens with zero attached hydrogens (tertiary/aromatic N) is 1. The molecule has 0 saturated carbocycles. The van der Waals surface area contributed by atoms with Gasteiger partial charge in [-0.15, -0.1) is 0 Å². The van der Waals surface area contributed by atoms with E-state index in [0.29, 0.717) is 19.3 Å². The van der Waals surface area contributed by atoms with Crippen molar-refractivity contribution in [1.29, 1.82) is 0 Å². The molecule has 1 N–H and O–H groups in total. The average molecular weight is 647 g/mol. The van der Waals surface area contributed by atoms with E-state index in [1.54, 1.807) is 0 Å². The number of allylic oxidation sites excluding steroid dienone is 10. The molecule has 0 heterocycles. The van der Waals surface area contributed by atoms with Gasteiger partial charge in [-0.3, -0.25) is 9.59 Å². The lowest BCUT2D eigenvalue weighted by Crippen LogP contribution is -2.50. The maximum Gasteiger partial charge on any atom is 0.362 e. The molecule has 0 aromatic rings. The van der Waals surface area contributed by atoms with E-state index in [9.17, 15) is 19.5 Å². The predicted molar refractivity (Wildman–Crippen MR) is 187 cm³/mol. The van der Waals surface area contributed by atoms with E-state index >= 15 is 0 Å². The van der Waals surface area contributed by atoms with E-state index in [1.807, 2.05) is 57.6 Å². The summed E-state index contributed by atoms with van der Waals surface area (Å²) in [6.45, 7) is 4.42. The van der Waals surface area contributed by atoms with Crippen LogP contribution in [0.1, 0.15) is 110 Å². The van der Waals surface area contributed by atoms with Crippen molar-refractivity contribution in [1.82, 2.24) is 0 Å². The van der Waals surface area contributed by atoms with Crippen molar-refractivity contribution >= 4 is 17.9 Å². The fourth-order valence-corrected chi connectivity index (χ4v) is 4.53. The number of esters is 2. The molecule has 8 nitrogen and oxygen atoms in total. The highest BCUT2D eigenvalue weighted by Gasteiger charge is 2.31. The lowest BCUT2D eigenvalue weighted by atomic mass is 10.1. The molecule has 2 unspecified atom stereocenters. The Bertz CT molecular complexity index is 943. The first kappa shape index (κ1) is 43.0. The van der Waals surface area contributed by atoms with Gasteiger partial charge in [0.15, 0.2) is 12.1 Å². The van der Waals surface area contributed by atoms with Gasteiger partial charge >= 0.3 is 17.9 Å². The van der Waals surface area contributed by atoms with Crippen LogP contribution in [0.5, 0.6) is 0 Å². The number of hydrogen-bond donors (Lipinski definition) is 1. The SMILES string of the molecule is CC/C=C/C=C/C=C/C=C/CCCCCCCC(=O)OCC(COCCC(C(=O)O)[N+](C)(C)C)OC(=O)CC/C=C/CCCCC. The van der Waals surface area contributed by atoms with Crippen LogP contribution in [0.3, 0.4) is 0 Å². The molecule has 0 amide bonds. The Kier molecular flexibility index (Phi) is 27.5. The summed E-state index contributed by atoms with van der Waals surface area (Å²) < 4.78 is 17.0. The second-order valence-corrected chi connectivity index (χ2v) is 12.5. The first-order chi connectivity index (χ1) is 22.1. The topological polar surface area (TPSA) is 99.1 Å². The van der Waals surface area contributed by atoms with Gasteiger partial charge in [-0.25, -0.2) is 4.79 Å². The van der Waals surface area contributed by atoms with Gasteiger partial charge in [0.25, 0.3) is 0 Å². The van der Waals surface area contributed by atoms with Gasteiger partial charge in [-0.1, -0.05) is 107 Å². The fraction of sp³-hybridized carbons (Fsp3) is 0.658. The molecule has 0 aromatic heterocycles. The Balaban J connectivity index is 4.48. The summed E-state index contributed by atoms with van der Waals surface area (Å²) in [5, 5.41) is 9.54. The Labute approximate surface area is 279 Å². The highest BCUT2D eigenvalue weighted by atomic mass is 16.6. The van der Waals surface area contributed by atoms with Gasteiger partial charge in [0.1, 0.15) is 6.61 Å². The third-order valence-electron chi connectivity index (χ3n) is 7.26. The smallest absolute Gasteiger partial charge is 0.362 e. The van der Waals surface area contributed by atoms with Gasteiger partial charge in [-0.05, 0) is 44.9 Å². The zero-order chi connectivity index (χ0) is 34.3. The number of quaternary nitrogens is 1. The summed E-state index contributed by atoms with van der Waals surface area (Å²) >= 11 is 0. The standard InChI is InChI=1S/C38H63NO7/c1-6-8-10-12-14-15-16-17-18-19-20-21-23-24-26-28-36(40)45-33-34(32-44-31-30-35(38(42)43)39(3,4)5)46-37(41)29-27-25-22-13-11-9-7-2/h8,10,12,14-18,22,25,34-35H,6-7,9,11,13,19-21,23-24,26-33H2,1-5H3/p+1/b10-8+,14-12+,16-15+,18-17+,25-22+. The number of hydrogen-bond acceptors (Lipinski definition) is 6. The molecule has 0 bridgehead atoms. The second kappa shape index (κ2) is 29.4. The molecule has 0 aliphatic rings. The lowest BCUT2D eigenvalue weighted by Gasteiger charge is -2.31. The first-order valence-electron chi connectivity index (χ1n) is 17.4. The molecule has 262 valence electrons. The van der Waals surface area contributed by atoms with E-state index in [-0.39, 0.29) is 42.7 Å². The highest BCUT2D eigenvalue weighted by molar-refractivity contribution is 5.72. The zero-order valence-corrected chi connectivity index (χ0v) is 29.5. The van der Waals surface area contributed by atoms with Crippen molar-refractivity contribution in [3.8, 4) is 0 Å². The van der Waals surface area contributed by atoms with E-state index in [2.05, 4.69) is 38.2 Å². The number of carboxylic acid groups (broad SMARTS) is 1. The van der Waals surface area contributed by atoms with Crippen LogP contribution in [0, 0.1) is 0 Å². The molecule has 0 spiro atoms.